The van der Waals surface area contributed by atoms with Crippen molar-refractivity contribution in [2.24, 2.45) is 28.6 Å². The summed E-state index contributed by atoms with van der Waals surface area (Å²) in [6.07, 6.45) is 3.70. The Morgan fingerprint density at radius 2 is 1.97 bits per heavy atom. The van der Waals surface area contributed by atoms with E-state index in [0.29, 0.717) is 24.8 Å². The molecule has 4 N–H and O–H groups in total. The smallest absolute Gasteiger partial charge is 0.390 e. The summed E-state index contributed by atoms with van der Waals surface area (Å²) < 4.78 is 32.5. The predicted molar refractivity (Wildman–Crippen MR) is 111 cm³/mol. The van der Waals surface area contributed by atoms with Crippen molar-refractivity contribution < 1.29 is 43.1 Å². The van der Waals surface area contributed by atoms with Crippen LogP contribution in [0.2, 0.25) is 0 Å². The van der Waals surface area contributed by atoms with Gasteiger partial charge in [-0.15, -0.1) is 0 Å². The van der Waals surface area contributed by atoms with Crippen LogP contribution in [-0.2, 0) is 18.7 Å². The normalized spacial score (nSPS) is 48.0. The summed E-state index contributed by atoms with van der Waals surface area (Å²) in [6, 6.07) is 0. The molecular formula is C22H30FO8P. The molecule has 8 atom stereocenters. The fourth-order valence-electron chi connectivity index (χ4n) is 7.39. The van der Waals surface area contributed by atoms with Gasteiger partial charge >= 0.3 is 7.82 Å². The Labute approximate surface area is 185 Å². The van der Waals surface area contributed by atoms with E-state index in [-0.39, 0.29) is 12.2 Å². The second-order valence-corrected chi connectivity index (χ2v) is 11.6. The van der Waals surface area contributed by atoms with Crippen molar-refractivity contribution >= 4 is 19.4 Å². The molecule has 0 amide bonds. The number of phosphoric acid groups is 1. The Balaban J connectivity index is 1.74. The van der Waals surface area contributed by atoms with Gasteiger partial charge in [-0.3, -0.25) is 14.1 Å². The molecule has 0 bridgehead atoms. The van der Waals surface area contributed by atoms with Gasteiger partial charge in [0.25, 0.3) is 0 Å². The number of aliphatic hydroxyl groups is 2. The van der Waals surface area contributed by atoms with Gasteiger partial charge in [0.05, 0.1) is 6.10 Å². The van der Waals surface area contributed by atoms with Crippen LogP contribution in [-0.4, -0.2) is 55.5 Å². The number of phosphoric ester groups is 1. The van der Waals surface area contributed by atoms with Crippen LogP contribution in [0.4, 0.5) is 4.39 Å². The molecule has 4 aliphatic rings. The molecule has 3 saturated carbocycles. The van der Waals surface area contributed by atoms with E-state index >= 15 is 4.39 Å². The number of allylic oxidation sites excluding steroid dienone is 4. The van der Waals surface area contributed by atoms with Crippen LogP contribution < -0.4 is 0 Å². The standard InChI is InChI=1S/C22H30FO8P/c1-12-8-16-15-5-4-13-9-14(24)6-7-19(13,2)21(15,23)17(25)10-20(16,3)22(12,27)18(26)11-31-32(28,29)30/h6-7,9,12,15-17,25,27H,4-5,8,10-11H2,1-3H3,(H2,28,29,30)/t12-,15+,16-,17-,19+,20-,21-,22+/m0/s1. The monoisotopic (exact) mass is 472 g/mol. The van der Waals surface area contributed by atoms with E-state index in [4.69, 9.17) is 9.79 Å². The highest BCUT2D eigenvalue weighted by Crippen LogP contribution is 2.70. The molecule has 0 spiro atoms. The van der Waals surface area contributed by atoms with Crippen LogP contribution in [0.3, 0.4) is 0 Å². The van der Waals surface area contributed by atoms with Crippen molar-refractivity contribution in [1.82, 2.24) is 0 Å². The molecule has 0 aromatic heterocycles. The maximum Gasteiger partial charge on any atom is 0.470 e. The van der Waals surface area contributed by atoms with Gasteiger partial charge < -0.3 is 20.0 Å². The molecule has 3 fully saturated rings. The third-order valence-corrected chi connectivity index (χ3v) is 9.48. The number of aliphatic hydroxyl groups excluding tert-OH is 1. The van der Waals surface area contributed by atoms with E-state index in [0.717, 1.165) is 0 Å². The summed E-state index contributed by atoms with van der Waals surface area (Å²) in [6.45, 7) is 4.00. The van der Waals surface area contributed by atoms with Crippen molar-refractivity contribution in [3.05, 3.63) is 23.8 Å². The first kappa shape index (κ1) is 23.9. The average Bonchev–Trinajstić information content (AvgIpc) is 2.89. The molecule has 178 valence electrons. The number of carbonyl (C=O) groups excluding carboxylic acids is 2. The minimum absolute atomic E-state index is 0.211. The summed E-state index contributed by atoms with van der Waals surface area (Å²) in [5.74, 6) is -2.87. The second-order valence-electron chi connectivity index (χ2n) is 10.4. The minimum Gasteiger partial charge on any atom is -0.390 e. The summed E-state index contributed by atoms with van der Waals surface area (Å²) in [5.41, 5.74) is -5.88. The Morgan fingerprint density at radius 1 is 1.31 bits per heavy atom. The number of halogens is 1. The van der Waals surface area contributed by atoms with Crippen molar-refractivity contribution in [2.45, 2.75) is 63.8 Å². The number of Topliss-reactive ketones (excluding diaryl/α,β-unsaturated/α-hetero) is 1. The zero-order valence-corrected chi connectivity index (χ0v) is 19.2. The minimum atomic E-state index is -4.93. The van der Waals surface area contributed by atoms with E-state index in [9.17, 15) is 24.4 Å². The summed E-state index contributed by atoms with van der Waals surface area (Å²) in [7, 11) is -4.93. The van der Waals surface area contributed by atoms with Gasteiger partial charge in [0.2, 0.25) is 0 Å². The van der Waals surface area contributed by atoms with Crippen molar-refractivity contribution in [1.29, 1.82) is 0 Å². The number of hydrogen-bond acceptors (Lipinski definition) is 6. The molecule has 8 nitrogen and oxygen atoms in total. The lowest BCUT2D eigenvalue weighted by atomic mass is 9.44. The third kappa shape index (κ3) is 2.95. The van der Waals surface area contributed by atoms with Crippen LogP contribution in [0.25, 0.3) is 0 Å². The van der Waals surface area contributed by atoms with Gasteiger partial charge in [0, 0.05) is 16.7 Å². The lowest BCUT2D eigenvalue weighted by Gasteiger charge is -2.62. The van der Waals surface area contributed by atoms with Crippen LogP contribution in [0.5, 0.6) is 0 Å². The summed E-state index contributed by atoms with van der Waals surface area (Å²) in [4.78, 5) is 42.8. The van der Waals surface area contributed by atoms with Crippen molar-refractivity contribution in [3.63, 3.8) is 0 Å². The first-order chi connectivity index (χ1) is 14.6. The Bertz CT molecular complexity index is 973. The third-order valence-electron chi connectivity index (χ3n) is 9.01. The Morgan fingerprint density at radius 3 is 2.59 bits per heavy atom. The van der Waals surface area contributed by atoms with E-state index < -0.39 is 66.2 Å². The second kappa shape index (κ2) is 7.14. The summed E-state index contributed by atoms with van der Waals surface area (Å²) >= 11 is 0. The number of fused-ring (bicyclic) bond motifs is 5. The Kier molecular flexibility index (Phi) is 5.34. The zero-order chi connectivity index (χ0) is 23.9. The highest BCUT2D eigenvalue weighted by Gasteiger charge is 2.75. The van der Waals surface area contributed by atoms with E-state index in [1.165, 1.54) is 18.2 Å². The van der Waals surface area contributed by atoms with Gasteiger partial charge in [-0.05, 0) is 56.6 Å². The molecule has 10 heteroatoms. The van der Waals surface area contributed by atoms with E-state index in [2.05, 4.69) is 4.52 Å². The molecule has 0 unspecified atom stereocenters. The highest BCUT2D eigenvalue weighted by molar-refractivity contribution is 7.46. The zero-order valence-electron chi connectivity index (χ0n) is 18.3. The largest absolute Gasteiger partial charge is 0.470 e. The van der Waals surface area contributed by atoms with Crippen LogP contribution in [0.15, 0.2) is 23.8 Å². The predicted octanol–water partition coefficient (Wildman–Crippen LogP) is 2.01. The molecular weight excluding hydrogens is 442 g/mol. The molecule has 0 aromatic rings. The quantitative estimate of drug-likeness (QED) is 0.456. The molecule has 4 aliphatic carbocycles. The lowest BCUT2D eigenvalue weighted by Crippen LogP contribution is -2.69. The van der Waals surface area contributed by atoms with E-state index in [1.54, 1.807) is 20.8 Å². The van der Waals surface area contributed by atoms with Gasteiger partial charge in [-0.2, -0.15) is 0 Å². The molecule has 32 heavy (non-hydrogen) atoms. The highest BCUT2D eigenvalue weighted by atomic mass is 31.2. The fraction of sp³-hybridized carbons (Fsp3) is 0.727. The molecule has 0 aromatic carbocycles. The maximum absolute atomic E-state index is 17.0. The maximum atomic E-state index is 17.0. The van der Waals surface area contributed by atoms with Crippen molar-refractivity contribution in [2.75, 3.05) is 6.61 Å². The van der Waals surface area contributed by atoms with Gasteiger partial charge in [0.15, 0.2) is 17.2 Å². The fourth-order valence-corrected chi connectivity index (χ4v) is 7.68. The first-order valence-electron chi connectivity index (χ1n) is 10.9. The van der Waals surface area contributed by atoms with Crippen LogP contribution in [0, 0.1) is 28.6 Å². The molecule has 0 saturated heterocycles. The van der Waals surface area contributed by atoms with Gasteiger partial charge in [-0.1, -0.05) is 25.5 Å². The van der Waals surface area contributed by atoms with Crippen molar-refractivity contribution in [3.8, 4) is 0 Å². The number of hydrogen-bond donors (Lipinski definition) is 4. The SMILES string of the molecule is C[C@H]1C[C@H]2[C@H]3CCC4=CC(=O)C=C[C@@]4(C)[C@@]3(F)[C@@H](O)C[C@]2(C)[C@]1(O)C(=O)COP(=O)(O)O. The molecule has 0 radical (unpaired) electrons. The van der Waals surface area contributed by atoms with Gasteiger partial charge in [-0.25, -0.2) is 8.96 Å². The number of rotatable bonds is 4. The lowest BCUT2D eigenvalue weighted by molar-refractivity contribution is -0.219. The van der Waals surface area contributed by atoms with Crippen LogP contribution in [0.1, 0.15) is 46.5 Å². The Hall–Kier alpha value is -1.22. The number of alkyl halides is 1. The molecule has 4 rings (SSSR count). The summed E-state index contributed by atoms with van der Waals surface area (Å²) in [5, 5.41) is 22.8. The number of ketones is 2. The topological polar surface area (TPSA) is 141 Å². The first-order valence-corrected chi connectivity index (χ1v) is 12.4. The molecule has 0 heterocycles. The average molecular weight is 472 g/mol. The van der Waals surface area contributed by atoms with Crippen LogP contribution >= 0.6 is 7.82 Å². The van der Waals surface area contributed by atoms with Gasteiger partial charge in [0.1, 0.15) is 12.2 Å². The van der Waals surface area contributed by atoms with E-state index in [1.807, 2.05) is 0 Å². The molecule has 0 aliphatic heterocycles. The number of carbonyl (C=O) groups is 2.